The van der Waals surface area contributed by atoms with Gasteiger partial charge in [0.1, 0.15) is 0 Å². The van der Waals surface area contributed by atoms with E-state index in [0.717, 1.165) is 18.4 Å². The molecule has 0 radical (unpaired) electrons. The molecule has 1 saturated heterocycles. The first kappa shape index (κ1) is 13.1. The summed E-state index contributed by atoms with van der Waals surface area (Å²) < 4.78 is 32.4. The molecule has 5 heteroatoms. The average Bonchev–Trinajstić information content (AvgIpc) is 2.96. The van der Waals surface area contributed by atoms with Gasteiger partial charge in [-0.2, -0.15) is 4.31 Å². The Kier molecular flexibility index (Phi) is 3.15. The number of aryl methyl sites for hydroxylation is 1. The number of nitrogens with zero attached hydrogens (tertiary/aromatic N) is 1. The topological polar surface area (TPSA) is 46.6 Å². The van der Waals surface area contributed by atoms with Crippen LogP contribution in [0.3, 0.4) is 0 Å². The van der Waals surface area contributed by atoms with E-state index in [1.54, 1.807) is 23.5 Å². The minimum Gasteiger partial charge on any atom is -0.379 e. The zero-order valence-electron chi connectivity index (χ0n) is 11.2. The van der Waals surface area contributed by atoms with Crippen LogP contribution in [0.25, 0.3) is 0 Å². The van der Waals surface area contributed by atoms with Crippen LogP contribution in [0.15, 0.2) is 29.2 Å². The molecular formula is C14H19NO3S. The second kappa shape index (κ2) is 4.58. The summed E-state index contributed by atoms with van der Waals surface area (Å²) in [6.45, 7) is 2.55. The molecule has 1 saturated carbocycles. The van der Waals surface area contributed by atoms with Crippen molar-refractivity contribution in [3.05, 3.63) is 29.8 Å². The summed E-state index contributed by atoms with van der Waals surface area (Å²) >= 11 is 0. The molecule has 1 aliphatic heterocycles. The Balaban J connectivity index is 1.92. The Bertz CT molecular complexity index is 567. The molecule has 3 rings (SSSR count). The van der Waals surface area contributed by atoms with E-state index in [2.05, 4.69) is 0 Å². The smallest absolute Gasteiger partial charge is 0.243 e. The van der Waals surface area contributed by atoms with Crippen LogP contribution in [0.2, 0.25) is 0 Å². The zero-order chi connectivity index (χ0) is 13.6. The van der Waals surface area contributed by atoms with Gasteiger partial charge in [-0.15, -0.1) is 0 Å². The van der Waals surface area contributed by atoms with Crippen LogP contribution in [0.5, 0.6) is 0 Å². The lowest BCUT2D eigenvalue weighted by Crippen LogP contribution is -2.39. The fourth-order valence-corrected chi connectivity index (χ4v) is 5.09. The highest BCUT2D eigenvalue weighted by atomic mass is 32.2. The van der Waals surface area contributed by atoms with Crippen LogP contribution in [-0.4, -0.2) is 38.5 Å². The van der Waals surface area contributed by atoms with Gasteiger partial charge in [0.25, 0.3) is 0 Å². The number of hydrogen-bond acceptors (Lipinski definition) is 3. The number of ether oxygens (including phenoxy) is 1. The lowest BCUT2D eigenvalue weighted by molar-refractivity contribution is 0.0786. The van der Waals surface area contributed by atoms with E-state index >= 15 is 0 Å². The Hall–Kier alpha value is -0.910. The fraction of sp³-hybridized carbons (Fsp3) is 0.571. The first-order valence-corrected chi connectivity index (χ1v) is 8.09. The van der Waals surface area contributed by atoms with Crippen molar-refractivity contribution in [2.45, 2.75) is 36.8 Å². The number of methoxy groups -OCH3 is 1. The normalized spacial score (nSPS) is 30.9. The summed E-state index contributed by atoms with van der Waals surface area (Å²) in [5.74, 6) is 0.357. The van der Waals surface area contributed by atoms with Crippen LogP contribution in [-0.2, 0) is 14.8 Å². The van der Waals surface area contributed by atoms with Gasteiger partial charge in [-0.05, 0) is 31.9 Å². The molecule has 3 atom stereocenters. The molecule has 1 aliphatic carbocycles. The number of rotatable bonds is 3. The summed E-state index contributed by atoms with van der Waals surface area (Å²) in [6.07, 6.45) is 2.05. The van der Waals surface area contributed by atoms with E-state index in [4.69, 9.17) is 4.74 Å². The van der Waals surface area contributed by atoms with E-state index in [1.165, 1.54) is 0 Å². The third kappa shape index (κ3) is 2.00. The van der Waals surface area contributed by atoms with E-state index in [1.807, 2.05) is 19.1 Å². The average molecular weight is 281 g/mol. The van der Waals surface area contributed by atoms with Gasteiger partial charge in [0.05, 0.1) is 17.0 Å². The Morgan fingerprint density at radius 1 is 1.21 bits per heavy atom. The first-order chi connectivity index (χ1) is 9.04. The lowest BCUT2D eigenvalue weighted by Gasteiger charge is -2.26. The van der Waals surface area contributed by atoms with Crippen molar-refractivity contribution in [1.82, 2.24) is 4.31 Å². The predicted molar refractivity (Wildman–Crippen MR) is 72.4 cm³/mol. The van der Waals surface area contributed by atoms with Crippen molar-refractivity contribution in [3.8, 4) is 0 Å². The quantitative estimate of drug-likeness (QED) is 0.848. The molecular weight excluding hydrogens is 262 g/mol. The molecule has 19 heavy (non-hydrogen) atoms. The summed E-state index contributed by atoms with van der Waals surface area (Å²) in [6, 6.07) is 7.09. The largest absolute Gasteiger partial charge is 0.379 e. The van der Waals surface area contributed by atoms with E-state index < -0.39 is 10.0 Å². The number of sulfonamides is 1. The van der Waals surface area contributed by atoms with Gasteiger partial charge in [-0.1, -0.05) is 17.7 Å². The van der Waals surface area contributed by atoms with Gasteiger partial charge in [0.2, 0.25) is 10.0 Å². The maximum absolute atomic E-state index is 12.7. The van der Waals surface area contributed by atoms with E-state index in [-0.39, 0.29) is 12.1 Å². The Morgan fingerprint density at radius 2 is 1.89 bits per heavy atom. The SMILES string of the molecule is COC1C2CCC1N(S(=O)(=O)c1ccc(C)cc1)C2. The van der Waals surface area contributed by atoms with E-state index in [9.17, 15) is 8.42 Å². The van der Waals surface area contributed by atoms with Crippen LogP contribution >= 0.6 is 0 Å². The second-order valence-corrected chi connectivity index (χ2v) is 7.38. The third-order valence-corrected chi connectivity index (χ3v) is 6.27. The highest BCUT2D eigenvalue weighted by Crippen LogP contribution is 2.42. The van der Waals surface area contributed by atoms with Crippen molar-refractivity contribution in [2.75, 3.05) is 13.7 Å². The lowest BCUT2D eigenvalue weighted by atomic mass is 10.1. The van der Waals surface area contributed by atoms with Crippen LogP contribution in [0.1, 0.15) is 18.4 Å². The summed E-state index contributed by atoms with van der Waals surface area (Å²) in [7, 11) is -1.70. The van der Waals surface area contributed by atoms with Crippen LogP contribution in [0.4, 0.5) is 0 Å². The van der Waals surface area contributed by atoms with Crippen molar-refractivity contribution in [3.63, 3.8) is 0 Å². The minimum absolute atomic E-state index is 0.0151. The molecule has 2 aliphatic rings. The van der Waals surface area contributed by atoms with Crippen molar-refractivity contribution in [1.29, 1.82) is 0 Å². The first-order valence-electron chi connectivity index (χ1n) is 6.65. The second-order valence-electron chi connectivity index (χ2n) is 5.49. The summed E-state index contributed by atoms with van der Waals surface area (Å²) in [4.78, 5) is 0.389. The molecule has 2 bridgehead atoms. The van der Waals surface area contributed by atoms with Crippen LogP contribution < -0.4 is 0 Å². The van der Waals surface area contributed by atoms with Crippen molar-refractivity contribution in [2.24, 2.45) is 5.92 Å². The summed E-state index contributed by atoms with van der Waals surface area (Å²) in [5, 5.41) is 0. The molecule has 2 fully saturated rings. The van der Waals surface area contributed by atoms with Crippen LogP contribution in [0, 0.1) is 12.8 Å². The van der Waals surface area contributed by atoms with E-state index in [0.29, 0.717) is 17.4 Å². The van der Waals surface area contributed by atoms with Gasteiger partial charge in [0.15, 0.2) is 0 Å². The maximum atomic E-state index is 12.7. The summed E-state index contributed by atoms with van der Waals surface area (Å²) in [5.41, 5.74) is 1.07. The molecule has 1 heterocycles. The van der Waals surface area contributed by atoms with Gasteiger partial charge >= 0.3 is 0 Å². The molecule has 1 aromatic carbocycles. The van der Waals surface area contributed by atoms with Gasteiger partial charge in [-0.25, -0.2) is 8.42 Å². The Labute approximate surface area is 114 Å². The molecule has 104 valence electrons. The molecule has 0 amide bonds. The number of fused-ring (bicyclic) bond motifs is 2. The monoisotopic (exact) mass is 281 g/mol. The minimum atomic E-state index is -3.38. The zero-order valence-corrected chi connectivity index (χ0v) is 12.1. The third-order valence-electron chi connectivity index (χ3n) is 4.36. The molecule has 0 aromatic heterocycles. The standard InChI is InChI=1S/C14H19NO3S/c1-10-3-6-12(7-4-10)19(16,17)15-9-11-5-8-13(15)14(11)18-2/h3-4,6-7,11,13-14H,5,8-9H2,1-2H3. The Morgan fingerprint density at radius 3 is 2.47 bits per heavy atom. The molecule has 0 N–H and O–H groups in total. The van der Waals surface area contributed by atoms with Crippen molar-refractivity contribution >= 4 is 10.0 Å². The van der Waals surface area contributed by atoms with Gasteiger partial charge in [-0.3, -0.25) is 0 Å². The number of benzene rings is 1. The maximum Gasteiger partial charge on any atom is 0.243 e. The molecule has 1 aromatic rings. The van der Waals surface area contributed by atoms with Gasteiger partial charge in [0, 0.05) is 19.6 Å². The molecule has 0 spiro atoms. The highest BCUT2D eigenvalue weighted by molar-refractivity contribution is 7.89. The fourth-order valence-electron chi connectivity index (χ4n) is 3.37. The van der Waals surface area contributed by atoms with Crippen molar-refractivity contribution < 1.29 is 13.2 Å². The highest BCUT2D eigenvalue weighted by Gasteiger charge is 2.51. The molecule has 4 nitrogen and oxygen atoms in total. The molecule has 3 unspecified atom stereocenters. The van der Waals surface area contributed by atoms with Gasteiger partial charge < -0.3 is 4.74 Å². The predicted octanol–water partition coefficient (Wildman–Crippen LogP) is 1.79. The number of piperidine rings is 1. The number of hydrogen-bond donors (Lipinski definition) is 0.